The molecule has 1 fully saturated rings. The van der Waals surface area contributed by atoms with E-state index in [0.717, 1.165) is 26.1 Å². The van der Waals surface area contributed by atoms with Gasteiger partial charge in [-0.2, -0.15) is 0 Å². The maximum atomic E-state index is 6.42. The Morgan fingerprint density at radius 2 is 2.04 bits per heavy atom. The first-order valence-electron chi connectivity index (χ1n) is 8.89. The summed E-state index contributed by atoms with van der Waals surface area (Å²) < 4.78 is 6.42. The number of anilines is 1. The molecule has 2 aromatic carbocycles. The van der Waals surface area contributed by atoms with E-state index in [0.29, 0.717) is 28.4 Å². The van der Waals surface area contributed by atoms with Gasteiger partial charge in [-0.05, 0) is 61.2 Å². The molecule has 25 heavy (non-hydrogen) atoms. The van der Waals surface area contributed by atoms with Gasteiger partial charge in [-0.25, -0.2) is 0 Å². The minimum atomic E-state index is -0.0174. The maximum Gasteiger partial charge on any atom is 0.143 e. The molecule has 5 heteroatoms. The molecule has 1 heterocycles. The third-order valence-electron chi connectivity index (χ3n) is 5.49. The van der Waals surface area contributed by atoms with Crippen LogP contribution in [-0.4, -0.2) is 30.6 Å². The summed E-state index contributed by atoms with van der Waals surface area (Å²) >= 11 is 6.02. The summed E-state index contributed by atoms with van der Waals surface area (Å²) in [5.74, 6) is 1.29. The molecule has 0 spiro atoms. The zero-order valence-electron chi connectivity index (χ0n) is 14.2. The summed E-state index contributed by atoms with van der Waals surface area (Å²) in [6.07, 6.45) is 2.15. The Hall–Kier alpha value is -1.75. The molecule has 0 amide bonds. The van der Waals surface area contributed by atoms with Crippen LogP contribution in [0.1, 0.15) is 23.7 Å². The highest BCUT2D eigenvalue weighted by molar-refractivity contribution is 6.30. The molecule has 132 valence electrons. The van der Waals surface area contributed by atoms with Gasteiger partial charge in [0.25, 0.3) is 0 Å². The Morgan fingerprint density at radius 1 is 1.20 bits per heavy atom. The Kier molecular flexibility index (Phi) is 4.59. The van der Waals surface area contributed by atoms with Crippen molar-refractivity contribution >= 4 is 17.3 Å². The fourth-order valence-electron chi connectivity index (χ4n) is 4.12. The fourth-order valence-corrected chi connectivity index (χ4v) is 4.30. The van der Waals surface area contributed by atoms with Crippen LogP contribution < -0.4 is 16.2 Å². The summed E-state index contributed by atoms with van der Waals surface area (Å²) in [7, 11) is 0. The molecular formula is C20H24ClN3O. The van der Waals surface area contributed by atoms with Gasteiger partial charge in [0.1, 0.15) is 11.9 Å². The first-order valence-corrected chi connectivity index (χ1v) is 9.27. The van der Waals surface area contributed by atoms with Crippen LogP contribution in [0.4, 0.5) is 5.69 Å². The molecule has 4 nitrogen and oxygen atoms in total. The Morgan fingerprint density at radius 3 is 2.80 bits per heavy atom. The molecule has 0 aromatic heterocycles. The predicted octanol–water partition coefficient (Wildman–Crippen LogP) is 3.25. The minimum Gasteiger partial charge on any atom is -0.482 e. The molecule has 1 aliphatic heterocycles. The summed E-state index contributed by atoms with van der Waals surface area (Å²) in [6.45, 7) is 2.88. The van der Waals surface area contributed by atoms with E-state index >= 15 is 0 Å². The van der Waals surface area contributed by atoms with Gasteiger partial charge in [0.15, 0.2) is 0 Å². The fraction of sp³-hybridized carbons (Fsp3) is 0.400. The van der Waals surface area contributed by atoms with Gasteiger partial charge in [0.05, 0.1) is 11.7 Å². The number of rotatable bonds is 4. The molecule has 1 saturated heterocycles. The van der Waals surface area contributed by atoms with Crippen molar-refractivity contribution in [1.82, 2.24) is 4.90 Å². The van der Waals surface area contributed by atoms with E-state index in [1.807, 2.05) is 12.1 Å². The number of benzene rings is 2. The number of likely N-dealkylation sites (tertiary alicyclic amines) is 1. The molecule has 2 aliphatic rings. The predicted molar refractivity (Wildman–Crippen MR) is 102 cm³/mol. The van der Waals surface area contributed by atoms with E-state index in [4.69, 9.17) is 27.8 Å². The first kappa shape index (κ1) is 16.7. The highest BCUT2D eigenvalue weighted by Crippen LogP contribution is 2.41. The lowest BCUT2D eigenvalue weighted by Gasteiger charge is -2.30. The number of halogens is 1. The van der Waals surface area contributed by atoms with Crippen molar-refractivity contribution in [2.24, 2.45) is 11.7 Å². The van der Waals surface area contributed by atoms with Crippen molar-refractivity contribution in [2.75, 3.05) is 25.4 Å². The molecule has 3 atom stereocenters. The highest BCUT2D eigenvalue weighted by Gasteiger charge is 2.40. The zero-order valence-corrected chi connectivity index (χ0v) is 15.0. The van der Waals surface area contributed by atoms with Crippen LogP contribution in [-0.2, 0) is 6.42 Å². The normalized spacial score (nSPS) is 25.9. The summed E-state index contributed by atoms with van der Waals surface area (Å²) in [5, 5.41) is 0.624. The monoisotopic (exact) mass is 357 g/mol. The topological polar surface area (TPSA) is 64.5 Å². The molecule has 0 unspecified atom stereocenters. The lowest BCUT2D eigenvalue weighted by molar-refractivity contribution is 0.0923. The number of nitrogens with zero attached hydrogens (tertiary/aromatic N) is 1. The average Bonchev–Trinajstić information content (AvgIpc) is 3.22. The molecule has 1 aliphatic carbocycles. The molecule has 2 aromatic rings. The van der Waals surface area contributed by atoms with E-state index in [1.54, 1.807) is 6.07 Å². The van der Waals surface area contributed by atoms with Crippen LogP contribution >= 0.6 is 11.6 Å². The van der Waals surface area contributed by atoms with Gasteiger partial charge in [-0.15, -0.1) is 0 Å². The molecule has 4 rings (SSSR count). The van der Waals surface area contributed by atoms with E-state index in [9.17, 15) is 0 Å². The van der Waals surface area contributed by atoms with Gasteiger partial charge in [0.2, 0.25) is 0 Å². The quantitative estimate of drug-likeness (QED) is 0.824. The van der Waals surface area contributed by atoms with Crippen LogP contribution in [0, 0.1) is 5.92 Å². The van der Waals surface area contributed by atoms with Crippen LogP contribution in [0.15, 0.2) is 42.5 Å². The van der Waals surface area contributed by atoms with Crippen LogP contribution in [0.3, 0.4) is 0 Å². The van der Waals surface area contributed by atoms with Gasteiger partial charge >= 0.3 is 0 Å². The van der Waals surface area contributed by atoms with Crippen molar-refractivity contribution in [3.05, 3.63) is 58.6 Å². The molecular weight excluding hydrogens is 334 g/mol. The Bertz CT molecular complexity index is 766. The van der Waals surface area contributed by atoms with E-state index < -0.39 is 0 Å². The second-order valence-electron chi connectivity index (χ2n) is 7.08. The largest absolute Gasteiger partial charge is 0.482 e. The summed E-state index contributed by atoms with van der Waals surface area (Å²) in [4.78, 5) is 2.54. The minimum absolute atomic E-state index is 0.0174. The lowest BCUT2D eigenvalue weighted by Crippen LogP contribution is -2.39. The van der Waals surface area contributed by atoms with Gasteiger partial charge < -0.3 is 16.2 Å². The summed E-state index contributed by atoms with van der Waals surface area (Å²) in [6, 6.07) is 14.3. The zero-order chi connectivity index (χ0) is 17.4. The number of ether oxygens (including phenoxy) is 1. The summed E-state index contributed by atoms with van der Waals surface area (Å²) in [5.41, 5.74) is 15.2. The number of fused-ring (bicyclic) bond motifs is 1. The van der Waals surface area contributed by atoms with E-state index in [-0.39, 0.29) is 6.10 Å². The second-order valence-corrected chi connectivity index (χ2v) is 7.51. The van der Waals surface area contributed by atoms with E-state index in [2.05, 4.69) is 29.2 Å². The standard InChI is InChI=1S/C20H24ClN3O/c21-15-5-6-19(17(23)10-15)25-20-16-4-2-1-3-14(16)9-18(20)24-8-7-13(11-22)12-24/h1-6,10,13,18,20H,7-9,11-12,22-23H2/t13-,18+,20+/m0/s1. The average molecular weight is 358 g/mol. The van der Waals surface area contributed by atoms with Crippen molar-refractivity contribution in [3.63, 3.8) is 0 Å². The number of hydrogen-bond donors (Lipinski definition) is 2. The highest BCUT2D eigenvalue weighted by atomic mass is 35.5. The maximum absolute atomic E-state index is 6.42. The van der Waals surface area contributed by atoms with Crippen molar-refractivity contribution in [3.8, 4) is 5.75 Å². The Labute approximate surface area is 153 Å². The third-order valence-corrected chi connectivity index (χ3v) is 5.72. The van der Waals surface area contributed by atoms with Crippen molar-refractivity contribution < 1.29 is 4.74 Å². The molecule has 0 saturated carbocycles. The van der Waals surface area contributed by atoms with Crippen LogP contribution in [0.5, 0.6) is 5.75 Å². The van der Waals surface area contributed by atoms with Crippen molar-refractivity contribution in [2.45, 2.75) is 25.0 Å². The van der Waals surface area contributed by atoms with Gasteiger partial charge in [-0.1, -0.05) is 35.9 Å². The molecule has 0 radical (unpaired) electrons. The number of nitrogens with two attached hydrogens (primary N) is 2. The van der Waals surface area contributed by atoms with Crippen LogP contribution in [0.25, 0.3) is 0 Å². The Balaban J connectivity index is 1.63. The van der Waals surface area contributed by atoms with Gasteiger partial charge in [-0.3, -0.25) is 4.90 Å². The third kappa shape index (κ3) is 3.22. The van der Waals surface area contributed by atoms with Crippen LogP contribution in [0.2, 0.25) is 5.02 Å². The van der Waals surface area contributed by atoms with E-state index in [1.165, 1.54) is 17.5 Å². The van der Waals surface area contributed by atoms with Crippen molar-refractivity contribution in [1.29, 1.82) is 0 Å². The SMILES string of the molecule is NC[C@@H]1CCN([C@@H]2Cc3ccccc3[C@H]2Oc2ccc(Cl)cc2N)C1. The number of hydrogen-bond acceptors (Lipinski definition) is 4. The molecule has 0 bridgehead atoms. The second kappa shape index (κ2) is 6.87. The number of nitrogen functional groups attached to an aromatic ring is 1. The first-order chi connectivity index (χ1) is 12.2. The van der Waals surface area contributed by atoms with Gasteiger partial charge in [0, 0.05) is 11.6 Å². The smallest absolute Gasteiger partial charge is 0.143 e. The lowest BCUT2D eigenvalue weighted by atomic mass is 10.1. The molecule has 4 N–H and O–H groups in total.